The zero-order valence-corrected chi connectivity index (χ0v) is 13.1. The summed E-state index contributed by atoms with van der Waals surface area (Å²) in [6, 6.07) is 8.40. The van der Waals surface area contributed by atoms with E-state index in [1.807, 2.05) is 36.5 Å². The maximum atomic E-state index is 5.34. The largest absolute Gasteiger partial charge is 0.380 e. The number of hydrogen-bond donors (Lipinski definition) is 0. The molecule has 0 amide bonds. The van der Waals surface area contributed by atoms with Gasteiger partial charge in [-0.15, -0.1) is 0 Å². The number of hydrogen-bond acceptors (Lipinski definition) is 3. The molecule has 5 nitrogen and oxygen atoms in total. The number of aryl methyl sites for hydroxylation is 1. The first-order valence-electron chi connectivity index (χ1n) is 7.31. The topological polar surface area (TPSA) is 44.9 Å². The highest BCUT2D eigenvalue weighted by molar-refractivity contribution is 5.66. The highest BCUT2D eigenvalue weighted by atomic mass is 16.5. The number of ether oxygens (including phenoxy) is 1. The normalized spacial score (nSPS) is 12.5. The lowest BCUT2D eigenvalue weighted by Crippen LogP contribution is -2.14. The molecule has 0 bridgehead atoms. The van der Waals surface area contributed by atoms with Gasteiger partial charge in [-0.25, -0.2) is 4.98 Å². The van der Waals surface area contributed by atoms with Crippen molar-refractivity contribution in [3.8, 4) is 22.5 Å². The van der Waals surface area contributed by atoms with Crippen molar-refractivity contribution in [1.29, 1.82) is 0 Å². The van der Waals surface area contributed by atoms with Crippen LogP contribution in [-0.2, 0) is 18.3 Å². The quantitative estimate of drug-likeness (QED) is 0.727. The molecule has 0 aliphatic heterocycles. The summed E-state index contributed by atoms with van der Waals surface area (Å²) in [5.41, 5.74) is 3.37. The fourth-order valence-corrected chi connectivity index (χ4v) is 2.45. The average molecular weight is 296 g/mol. The Kier molecular flexibility index (Phi) is 4.06. The molecule has 0 saturated heterocycles. The molecule has 0 aliphatic rings. The molecule has 0 fully saturated rings. The third kappa shape index (κ3) is 2.94. The molecule has 2 aromatic heterocycles. The van der Waals surface area contributed by atoms with Crippen molar-refractivity contribution in [3.05, 3.63) is 49.1 Å². The summed E-state index contributed by atoms with van der Waals surface area (Å²) in [6.07, 6.45) is 7.85. The zero-order chi connectivity index (χ0) is 15.5. The zero-order valence-electron chi connectivity index (χ0n) is 13.1. The fraction of sp³-hybridized carbons (Fsp3) is 0.294. The standard InChI is InChI=1S/C17H20N4O/c1-13(22-3)11-21-9-8-18-17(21)15-6-4-14(5-7-15)16-10-19-20(2)12-16/h4-10,12-13H,11H2,1-3H3. The predicted molar refractivity (Wildman–Crippen MR) is 86.3 cm³/mol. The Morgan fingerprint density at radius 2 is 1.86 bits per heavy atom. The lowest BCUT2D eigenvalue weighted by Gasteiger charge is -2.13. The molecule has 1 atom stereocenters. The molecule has 0 spiro atoms. The molecule has 114 valence electrons. The number of aromatic nitrogens is 4. The molecular formula is C17H20N4O. The van der Waals surface area contributed by atoms with Crippen LogP contribution < -0.4 is 0 Å². The average Bonchev–Trinajstić information content (AvgIpc) is 3.16. The van der Waals surface area contributed by atoms with Gasteiger partial charge in [-0.1, -0.05) is 24.3 Å². The van der Waals surface area contributed by atoms with Gasteiger partial charge in [0.2, 0.25) is 0 Å². The summed E-state index contributed by atoms with van der Waals surface area (Å²) in [5.74, 6) is 0.960. The first-order valence-corrected chi connectivity index (χ1v) is 7.31. The van der Waals surface area contributed by atoms with Crippen LogP contribution in [0.25, 0.3) is 22.5 Å². The van der Waals surface area contributed by atoms with Gasteiger partial charge in [0, 0.05) is 43.9 Å². The van der Waals surface area contributed by atoms with Crippen molar-refractivity contribution < 1.29 is 4.74 Å². The van der Waals surface area contributed by atoms with Crippen LogP contribution in [0.15, 0.2) is 49.1 Å². The molecule has 0 aliphatic carbocycles. The number of methoxy groups -OCH3 is 1. The summed E-state index contributed by atoms with van der Waals surface area (Å²) < 4.78 is 9.26. The second kappa shape index (κ2) is 6.15. The van der Waals surface area contributed by atoms with Crippen LogP contribution in [0, 0.1) is 0 Å². The molecule has 2 heterocycles. The maximum absolute atomic E-state index is 5.34. The number of nitrogens with zero attached hydrogens (tertiary/aromatic N) is 4. The van der Waals surface area contributed by atoms with Crippen molar-refractivity contribution in [2.24, 2.45) is 7.05 Å². The van der Waals surface area contributed by atoms with E-state index in [2.05, 4.69) is 45.8 Å². The van der Waals surface area contributed by atoms with Crippen molar-refractivity contribution >= 4 is 0 Å². The minimum Gasteiger partial charge on any atom is -0.380 e. The summed E-state index contributed by atoms with van der Waals surface area (Å²) in [7, 11) is 3.65. The van der Waals surface area contributed by atoms with Crippen LogP contribution >= 0.6 is 0 Å². The van der Waals surface area contributed by atoms with E-state index < -0.39 is 0 Å². The Bertz CT molecular complexity index is 742. The molecule has 0 saturated carbocycles. The van der Waals surface area contributed by atoms with E-state index in [0.29, 0.717) is 0 Å². The van der Waals surface area contributed by atoms with Gasteiger partial charge in [0.1, 0.15) is 5.82 Å². The lowest BCUT2D eigenvalue weighted by atomic mass is 10.1. The van der Waals surface area contributed by atoms with Gasteiger partial charge in [-0.3, -0.25) is 4.68 Å². The van der Waals surface area contributed by atoms with E-state index in [1.165, 1.54) is 0 Å². The van der Waals surface area contributed by atoms with Crippen molar-refractivity contribution in [3.63, 3.8) is 0 Å². The van der Waals surface area contributed by atoms with Crippen LogP contribution in [-0.4, -0.2) is 32.5 Å². The van der Waals surface area contributed by atoms with E-state index in [-0.39, 0.29) is 6.10 Å². The van der Waals surface area contributed by atoms with Crippen LogP contribution in [0.1, 0.15) is 6.92 Å². The smallest absolute Gasteiger partial charge is 0.139 e. The van der Waals surface area contributed by atoms with E-state index in [9.17, 15) is 0 Å². The first-order chi connectivity index (χ1) is 10.7. The third-order valence-corrected chi connectivity index (χ3v) is 3.75. The highest BCUT2D eigenvalue weighted by Crippen LogP contribution is 2.23. The molecule has 1 unspecified atom stereocenters. The van der Waals surface area contributed by atoms with Crippen LogP contribution in [0.3, 0.4) is 0 Å². The highest BCUT2D eigenvalue weighted by Gasteiger charge is 2.09. The minimum absolute atomic E-state index is 0.155. The molecule has 1 aromatic carbocycles. The van der Waals surface area contributed by atoms with Gasteiger partial charge in [0.05, 0.1) is 18.8 Å². The lowest BCUT2D eigenvalue weighted by molar-refractivity contribution is 0.103. The van der Waals surface area contributed by atoms with Gasteiger partial charge in [0.15, 0.2) is 0 Å². The molecule has 5 heteroatoms. The number of benzene rings is 1. The van der Waals surface area contributed by atoms with E-state index in [4.69, 9.17) is 4.74 Å². The van der Waals surface area contributed by atoms with Crippen molar-refractivity contribution in [2.75, 3.05) is 7.11 Å². The van der Waals surface area contributed by atoms with Gasteiger partial charge in [-0.2, -0.15) is 5.10 Å². The van der Waals surface area contributed by atoms with Gasteiger partial charge in [-0.05, 0) is 12.5 Å². The van der Waals surface area contributed by atoms with Crippen LogP contribution in [0.4, 0.5) is 0 Å². The third-order valence-electron chi connectivity index (χ3n) is 3.75. The van der Waals surface area contributed by atoms with Crippen LogP contribution in [0.2, 0.25) is 0 Å². The van der Waals surface area contributed by atoms with E-state index >= 15 is 0 Å². The molecule has 0 radical (unpaired) electrons. The van der Waals surface area contributed by atoms with Gasteiger partial charge < -0.3 is 9.30 Å². The maximum Gasteiger partial charge on any atom is 0.139 e. The van der Waals surface area contributed by atoms with Gasteiger partial charge >= 0.3 is 0 Å². The molecular weight excluding hydrogens is 276 g/mol. The minimum atomic E-state index is 0.155. The summed E-state index contributed by atoms with van der Waals surface area (Å²) in [6.45, 7) is 2.84. The second-order valence-corrected chi connectivity index (χ2v) is 5.43. The predicted octanol–water partition coefficient (Wildman–Crippen LogP) is 2.99. The van der Waals surface area contributed by atoms with Crippen molar-refractivity contribution in [1.82, 2.24) is 19.3 Å². The Hall–Kier alpha value is -2.40. The summed E-state index contributed by atoms with van der Waals surface area (Å²) >= 11 is 0. The molecule has 3 rings (SSSR count). The second-order valence-electron chi connectivity index (χ2n) is 5.43. The number of rotatable bonds is 5. The monoisotopic (exact) mass is 296 g/mol. The summed E-state index contributed by atoms with van der Waals surface area (Å²) in [5, 5.41) is 4.21. The fourth-order valence-electron chi connectivity index (χ4n) is 2.45. The Morgan fingerprint density at radius 1 is 1.14 bits per heavy atom. The Morgan fingerprint density at radius 3 is 2.50 bits per heavy atom. The summed E-state index contributed by atoms with van der Waals surface area (Å²) in [4.78, 5) is 4.47. The van der Waals surface area contributed by atoms with Crippen LogP contribution in [0.5, 0.6) is 0 Å². The number of imidazole rings is 1. The first kappa shape index (κ1) is 14.5. The molecule has 22 heavy (non-hydrogen) atoms. The van der Waals surface area contributed by atoms with E-state index in [1.54, 1.807) is 7.11 Å². The SMILES string of the molecule is COC(C)Cn1ccnc1-c1ccc(-c2cnn(C)c2)cc1. The Labute approximate surface area is 130 Å². The molecule has 0 N–H and O–H groups in total. The Balaban J connectivity index is 1.86. The van der Waals surface area contributed by atoms with Crippen molar-refractivity contribution in [2.45, 2.75) is 19.6 Å². The van der Waals surface area contributed by atoms with Gasteiger partial charge in [0.25, 0.3) is 0 Å². The van der Waals surface area contributed by atoms with E-state index in [0.717, 1.165) is 29.1 Å². The molecule has 3 aromatic rings.